The van der Waals surface area contributed by atoms with E-state index in [2.05, 4.69) is 33.4 Å². The van der Waals surface area contributed by atoms with Gasteiger partial charge in [0.25, 0.3) is 5.91 Å². The van der Waals surface area contributed by atoms with Crippen molar-refractivity contribution in [2.75, 3.05) is 27.9 Å². The SMILES string of the molecule is COc1ccc(CN(CCc2ccc(OC)c(OC)c2)Cc2nc(C(=O)N[C@H](C)c3ccccc3)cs2)cc1. The number of thiazole rings is 1. The first-order valence-electron chi connectivity index (χ1n) is 12.9. The van der Waals surface area contributed by atoms with Crippen LogP contribution in [0, 0.1) is 0 Å². The number of hydrogen-bond acceptors (Lipinski definition) is 7. The summed E-state index contributed by atoms with van der Waals surface area (Å²) >= 11 is 1.51. The highest BCUT2D eigenvalue weighted by Gasteiger charge is 2.17. The van der Waals surface area contributed by atoms with Crippen molar-refractivity contribution in [3.63, 3.8) is 0 Å². The number of carbonyl (C=O) groups excluding carboxylic acids is 1. The van der Waals surface area contributed by atoms with Gasteiger partial charge in [0.1, 0.15) is 16.5 Å². The van der Waals surface area contributed by atoms with Crippen LogP contribution in [0.5, 0.6) is 17.2 Å². The van der Waals surface area contributed by atoms with Crippen LogP contribution < -0.4 is 19.5 Å². The van der Waals surface area contributed by atoms with E-state index in [0.717, 1.165) is 47.1 Å². The largest absolute Gasteiger partial charge is 0.497 e. The lowest BCUT2D eigenvalue weighted by molar-refractivity contribution is 0.0935. The highest BCUT2D eigenvalue weighted by atomic mass is 32.1. The molecule has 1 atom stereocenters. The molecule has 4 aromatic rings. The molecule has 0 saturated carbocycles. The van der Waals surface area contributed by atoms with Crippen molar-refractivity contribution >= 4 is 17.2 Å². The molecule has 0 fully saturated rings. The predicted octanol–water partition coefficient (Wildman–Crippen LogP) is 5.90. The van der Waals surface area contributed by atoms with Gasteiger partial charge in [-0.15, -0.1) is 11.3 Å². The maximum absolute atomic E-state index is 12.9. The van der Waals surface area contributed by atoms with Crippen molar-refractivity contribution in [2.45, 2.75) is 32.5 Å². The van der Waals surface area contributed by atoms with Crippen LogP contribution in [0.3, 0.4) is 0 Å². The summed E-state index contributed by atoms with van der Waals surface area (Å²) in [5.74, 6) is 2.10. The van der Waals surface area contributed by atoms with E-state index in [1.54, 1.807) is 21.3 Å². The van der Waals surface area contributed by atoms with Gasteiger partial charge in [-0.25, -0.2) is 4.98 Å². The Hall–Kier alpha value is -3.88. The summed E-state index contributed by atoms with van der Waals surface area (Å²) in [6, 6.07) is 23.9. The Bertz CT molecular complexity index is 1340. The van der Waals surface area contributed by atoms with E-state index < -0.39 is 0 Å². The number of carbonyl (C=O) groups is 1. The molecule has 0 radical (unpaired) electrons. The average molecular weight is 546 g/mol. The van der Waals surface area contributed by atoms with Crippen LogP contribution in [-0.4, -0.2) is 43.7 Å². The van der Waals surface area contributed by atoms with Gasteiger partial charge in [-0.2, -0.15) is 0 Å². The third-order valence-electron chi connectivity index (χ3n) is 6.52. The monoisotopic (exact) mass is 545 g/mol. The molecule has 1 amide bonds. The second kappa shape index (κ2) is 13.8. The molecule has 1 heterocycles. The molecule has 4 rings (SSSR count). The predicted molar refractivity (Wildman–Crippen MR) is 155 cm³/mol. The molecule has 0 saturated heterocycles. The standard InChI is InChI=1S/C31H35N3O4S/c1-22(25-8-6-5-7-9-25)32-31(35)27-21-39-30(33-27)20-34(19-24-10-13-26(36-2)14-11-24)17-16-23-12-15-28(37-3)29(18-23)38-4/h5-15,18,21-22H,16-17,19-20H2,1-4H3,(H,32,35)/t22-/m1/s1. The minimum atomic E-state index is -0.166. The normalized spacial score (nSPS) is 11.7. The van der Waals surface area contributed by atoms with Gasteiger partial charge in [-0.1, -0.05) is 48.5 Å². The van der Waals surface area contributed by atoms with Gasteiger partial charge in [0.2, 0.25) is 0 Å². The summed E-state index contributed by atoms with van der Waals surface area (Å²) in [4.78, 5) is 19.9. The van der Waals surface area contributed by atoms with Crippen LogP contribution >= 0.6 is 11.3 Å². The molecule has 0 unspecified atom stereocenters. The van der Waals surface area contributed by atoms with E-state index in [1.807, 2.05) is 66.9 Å². The van der Waals surface area contributed by atoms with E-state index >= 15 is 0 Å². The molecule has 0 aliphatic carbocycles. The minimum absolute atomic E-state index is 0.100. The second-order valence-corrected chi connectivity index (χ2v) is 10.2. The molecular formula is C31H35N3O4S. The first kappa shape index (κ1) is 28.1. The number of benzene rings is 3. The Kier molecular flexibility index (Phi) is 9.94. The molecule has 39 heavy (non-hydrogen) atoms. The summed E-state index contributed by atoms with van der Waals surface area (Å²) in [5.41, 5.74) is 3.83. The minimum Gasteiger partial charge on any atom is -0.497 e. The topological polar surface area (TPSA) is 72.9 Å². The zero-order chi connectivity index (χ0) is 27.6. The third-order valence-corrected chi connectivity index (χ3v) is 7.35. The molecule has 0 aliphatic rings. The van der Waals surface area contributed by atoms with Crippen molar-refractivity contribution in [1.82, 2.24) is 15.2 Å². The smallest absolute Gasteiger partial charge is 0.271 e. The maximum Gasteiger partial charge on any atom is 0.271 e. The Balaban J connectivity index is 1.45. The first-order chi connectivity index (χ1) is 19.0. The summed E-state index contributed by atoms with van der Waals surface area (Å²) < 4.78 is 16.2. The summed E-state index contributed by atoms with van der Waals surface area (Å²) in [6.07, 6.45) is 0.823. The lowest BCUT2D eigenvalue weighted by Gasteiger charge is -2.22. The third kappa shape index (κ3) is 7.81. The number of methoxy groups -OCH3 is 3. The molecule has 3 aromatic carbocycles. The van der Waals surface area contributed by atoms with Gasteiger partial charge in [0, 0.05) is 18.5 Å². The fraction of sp³-hybridized carbons (Fsp3) is 0.290. The van der Waals surface area contributed by atoms with E-state index in [9.17, 15) is 4.79 Å². The molecule has 8 heteroatoms. The van der Waals surface area contributed by atoms with Crippen LogP contribution in [0.4, 0.5) is 0 Å². The van der Waals surface area contributed by atoms with E-state index in [0.29, 0.717) is 18.0 Å². The molecular weight excluding hydrogens is 510 g/mol. The fourth-order valence-electron chi connectivity index (χ4n) is 4.30. The van der Waals surface area contributed by atoms with Gasteiger partial charge in [-0.3, -0.25) is 9.69 Å². The van der Waals surface area contributed by atoms with Gasteiger partial charge in [-0.05, 0) is 54.3 Å². The molecule has 0 aliphatic heterocycles. The lowest BCUT2D eigenvalue weighted by Crippen LogP contribution is -2.27. The highest BCUT2D eigenvalue weighted by Crippen LogP contribution is 2.28. The fourth-order valence-corrected chi connectivity index (χ4v) is 5.12. The number of amides is 1. The molecule has 1 aromatic heterocycles. The zero-order valence-electron chi connectivity index (χ0n) is 22.8. The second-order valence-electron chi connectivity index (χ2n) is 9.23. The van der Waals surface area contributed by atoms with Crippen LogP contribution in [0.2, 0.25) is 0 Å². The van der Waals surface area contributed by atoms with Gasteiger partial charge >= 0.3 is 0 Å². The van der Waals surface area contributed by atoms with Crippen LogP contribution in [0.15, 0.2) is 78.2 Å². The lowest BCUT2D eigenvalue weighted by atomic mass is 10.1. The average Bonchev–Trinajstić information content (AvgIpc) is 3.45. The van der Waals surface area contributed by atoms with Gasteiger partial charge < -0.3 is 19.5 Å². The number of rotatable bonds is 13. The highest BCUT2D eigenvalue weighted by molar-refractivity contribution is 7.09. The number of nitrogens with zero attached hydrogens (tertiary/aromatic N) is 2. The number of hydrogen-bond donors (Lipinski definition) is 1. The molecule has 0 bridgehead atoms. The Morgan fingerprint density at radius 2 is 1.62 bits per heavy atom. The van der Waals surface area contributed by atoms with Gasteiger partial charge in [0.15, 0.2) is 11.5 Å². The van der Waals surface area contributed by atoms with Crippen molar-refractivity contribution in [3.05, 3.63) is 106 Å². The van der Waals surface area contributed by atoms with Crippen LogP contribution in [0.1, 0.15) is 45.2 Å². The van der Waals surface area contributed by atoms with E-state index in [1.165, 1.54) is 16.9 Å². The first-order valence-corrected chi connectivity index (χ1v) is 13.7. The van der Waals surface area contributed by atoms with Crippen molar-refractivity contribution < 1.29 is 19.0 Å². The van der Waals surface area contributed by atoms with Crippen molar-refractivity contribution in [1.29, 1.82) is 0 Å². The summed E-state index contributed by atoms with van der Waals surface area (Å²) in [5, 5.41) is 5.79. The van der Waals surface area contributed by atoms with Crippen molar-refractivity contribution in [2.24, 2.45) is 0 Å². The Morgan fingerprint density at radius 3 is 2.31 bits per heavy atom. The molecule has 7 nitrogen and oxygen atoms in total. The quantitative estimate of drug-likeness (QED) is 0.225. The number of aromatic nitrogens is 1. The van der Waals surface area contributed by atoms with Crippen LogP contribution in [-0.2, 0) is 19.5 Å². The zero-order valence-corrected chi connectivity index (χ0v) is 23.7. The Labute approximate surface area is 234 Å². The maximum atomic E-state index is 12.9. The molecule has 0 spiro atoms. The van der Waals surface area contributed by atoms with Gasteiger partial charge in [0.05, 0.1) is 33.9 Å². The Morgan fingerprint density at radius 1 is 0.897 bits per heavy atom. The van der Waals surface area contributed by atoms with Crippen molar-refractivity contribution in [3.8, 4) is 17.2 Å². The molecule has 204 valence electrons. The summed E-state index contributed by atoms with van der Waals surface area (Å²) in [7, 11) is 4.95. The van der Waals surface area contributed by atoms with E-state index in [-0.39, 0.29) is 11.9 Å². The van der Waals surface area contributed by atoms with E-state index in [4.69, 9.17) is 14.2 Å². The van der Waals surface area contributed by atoms with Crippen LogP contribution in [0.25, 0.3) is 0 Å². The molecule has 1 N–H and O–H groups in total. The summed E-state index contributed by atoms with van der Waals surface area (Å²) in [6.45, 7) is 4.15. The number of nitrogens with one attached hydrogen (secondary N) is 1. The number of ether oxygens (including phenoxy) is 3.